The van der Waals surface area contributed by atoms with Crippen LogP contribution in [-0.2, 0) is 37.5 Å². The van der Waals surface area contributed by atoms with Crippen LogP contribution >= 0.6 is 27.5 Å². The fourth-order valence-corrected chi connectivity index (χ4v) is 6.75. The molecular weight excluding hydrogens is 670 g/mol. The molecule has 0 spiro atoms. The molecule has 2 aromatic rings. The summed E-state index contributed by atoms with van der Waals surface area (Å²) in [5.74, 6) is -1.69. The number of benzene rings is 2. The first kappa shape index (κ1) is 33.7. The van der Waals surface area contributed by atoms with Gasteiger partial charge in [-0.05, 0) is 74.5 Å². The summed E-state index contributed by atoms with van der Waals surface area (Å²) in [6.07, 6.45) is 3.32. The quantitative estimate of drug-likeness (QED) is 0.309. The lowest BCUT2D eigenvalue weighted by atomic mass is 9.91. The van der Waals surface area contributed by atoms with Crippen molar-refractivity contribution in [1.29, 1.82) is 0 Å². The Hall–Kier alpha value is -2.16. The number of carbonyl (C=O) groups excluding carboxylic acids is 2. The van der Waals surface area contributed by atoms with Crippen molar-refractivity contribution >= 4 is 49.4 Å². The molecule has 236 valence electrons. The Kier molecular flexibility index (Phi) is 11.9. The molecule has 0 bridgehead atoms. The molecule has 2 amide bonds. The number of likely N-dealkylation sites (tertiary alicyclic amines) is 1. The summed E-state index contributed by atoms with van der Waals surface area (Å²) in [5.41, 5.74) is 0.883. The summed E-state index contributed by atoms with van der Waals surface area (Å²) in [7, 11) is -3.74. The molecule has 3 N–H and O–H groups in total. The van der Waals surface area contributed by atoms with Crippen molar-refractivity contribution in [3.63, 3.8) is 0 Å². The number of carbonyl (C=O) groups is 2. The molecule has 2 aliphatic heterocycles. The highest BCUT2D eigenvalue weighted by molar-refractivity contribution is 9.10. The Bertz CT molecular complexity index is 1410. The van der Waals surface area contributed by atoms with Gasteiger partial charge in [0.15, 0.2) is 0 Å². The van der Waals surface area contributed by atoms with Gasteiger partial charge in [-0.2, -0.15) is 0 Å². The third kappa shape index (κ3) is 9.92. The normalized spacial score (nSPS) is 20.3. The van der Waals surface area contributed by atoms with E-state index in [4.69, 9.17) is 16.3 Å². The summed E-state index contributed by atoms with van der Waals surface area (Å²) in [4.78, 5) is 28.7. The molecule has 2 fully saturated rings. The number of piperidine rings is 1. The first-order valence-corrected chi connectivity index (χ1v) is 17.2. The molecule has 2 aromatic carbocycles. The van der Waals surface area contributed by atoms with E-state index >= 15 is 0 Å². The molecular formula is C29H36BrClF2N4O5S. The summed E-state index contributed by atoms with van der Waals surface area (Å²) < 4.78 is 61.5. The van der Waals surface area contributed by atoms with E-state index in [1.165, 1.54) is 29.2 Å². The van der Waals surface area contributed by atoms with Crippen molar-refractivity contribution in [2.45, 2.75) is 63.4 Å². The average molecular weight is 706 g/mol. The molecule has 0 aromatic heterocycles. The van der Waals surface area contributed by atoms with E-state index in [0.717, 1.165) is 32.2 Å². The highest BCUT2D eigenvalue weighted by Crippen LogP contribution is 2.26. The highest BCUT2D eigenvalue weighted by Gasteiger charge is 2.42. The second-order valence-electron chi connectivity index (χ2n) is 11.1. The Labute approximate surface area is 264 Å². The van der Waals surface area contributed by atoms with E-state index < -0.39 is 51.7 Å². The number of rotatable bonds is 12. The molecule has 2 saturated heterocycles. The summed E-state index contributed by atoms with van der Waals surface area (Å²) >= 11 is 9.10. The Morgan fingerprint density at radius 2 is 1.91 bits per heavy atom. The van der Waals surface area contributed by atoms with Gasteiger partial charge in [0.1, 0.15) is 23.7 Å². The fraction of sp³-hybridized carbons (Fsp3) is 0.517. The Balaban J connectivity index is 1.50. The van der Waals surface area contributed by atoms with Gasteiger partial charge in [-0.15, -0.1) is 0 Å². The molecule has 2 heterocycles. The van der Waals surface area contributed by atoms with Crippen LogP contribution < -0.4 is 15.4 Å². The van der Waals surface area contributed by atoms with Crippen molar-refractivity contribution < 1.29 is 31.5 Å². The Morgan fingerprint density at radius 1 is 1.16 bits per heavy atom. The number of nitrogens with one attached hydrogen (secondary N) is 3. The van der Waals surface area contributed by atoms with E-state index in [2.05, 4.69) is 31.3 Å². The minimum Gasteiger partial charge on any atom is -0.371 e. The molecule has 14 heteroatoms. The van der Waals surface area contributed by atoms with Crippen LogP contribution in [0, 0.1) is 17.6 Å². The van der Waals surface area contributed by atoms with Crippen LogP contribution in [0.5, 0.6) is 0 Å². The second-order valence-corrected chi connectivity index (χ2v) is 14.2. The maximum atomic E-state index is 14.4. The van der Waals surface area contributed by atoms with Gasteiger partial charge in [0.25, 0.3) is 0 Å². The van der Waals surface area contributed by atoms with E-state index in [1.54, 1.807) is 12.1 Å². The second kappa shape index (κ2) is 15.2. The lowest BCUT2D eigenvalue weighted by Crippen LogP contribution is -2.53. The Morgan fingerprint density at radius 3 is 2.58 bits per heavy atom. The van der Waals surface area contributed by atoms with Crippen molar-refractivity contribution in [2.24, 2.45) is 5.92 Å². The first-order valence-electron chi connectivity index (χ1n) is 14.1. The van der Waals surface area contributed by atoms with Gasteiger partial charge in [-0.1, -0.05) is 39.7 Å². The largest absolute Gasteiger partial charge is 0.371 e. The van der Waals surface area contributed by atoms with E-state index in [-0.39, 0.29) is 37.6 Å². The van der Waals surface area contributed by atoms with Crippen LogP contribution in [0.25, 0.3) is 0 Å². The molecule has 0 aliphatic carbocycles. The fourth-order valence-electron chi connectivity index (χ4n) is 5.48. The lowest BCUT2D eigenvalue weighted by molar-refractivity contribution is -0.140. The van der Waals surface area contributed by atoms with Crippen molar-refractivity contribution in [1.82, 2.24) is 20.3 Å². The summed E-state index contributed by atoms with van der Waals surface area (Å²) in [6, 6.07) is 6.67. The number of amides is 2. The van der Waals surface area contributed by atoms with Crippen molar-refractivity contribution in [3.05, 3.63) is 68.7 Å². The van der Waals surface area contributed by atoms with Crippen LogP contribution in [0.4, 0.5) is 8.78 Å². The number of ether oxygens (including phenoxy) is 1. The van der Waals surface area contributed by atoms with E-state index in [9.17, 15) is 26.8 Å². The van der Waals surface area contributed by atoms with Gasteiger partial charge in [-0.25, -0.2) is 21.9 Å². The molecule has 3 atom stereocenters. The van der Waals surface area contributed by atoms with Gasteiger partial charge in [0, 0.05) is 29.5 Å². The topological polar surface area (TPSA) is 117 Å². The predicted octanol–water partition coefficient (Wildman–Crippen LogP) is 3.88. The van der Waals surface area contributed by atoms with Crippen LogP contribution in [0.2, 0.25) is 5.02 Å². The number of sulfonamides is 1. The van der Waals surface area contributed by atoms with E-state index in [1.807, 2.05) is 0 Å². The maximum Gasteiger partial charge on any atom is 0.243 e. The number of halogens is 4. The third-order valence-corrected chi connectivity index (χ3v) is 9.26. The number of hydrogen-bond acceptors (Lipinski definition) is 6. The summed E-state index contributed by atoms with van der Waals surface area (Å²) in [5, 5.41) is 5.98. The molecule has 4 rings (SSSR count). The molecule has 0 unspecified atom stereocenters. The van der Waals surface area contributed by atoms with Crippen LogP contribution in [0.3, 0.4) is 0 Å². The lowest BCUT2D eigenvalue weighted by Gasteiger charge is -2.30. The minimum atomic E-state index is -3.74. The smallest absolute Gasteiger partial charge is 0.243 e. The predicted molar refractivity (Wildman–Crippen MR) is 163 cm³/mol. The van der Waals surface area contributed by atoms with Crippen LogP contribution in [-0.4, -0.2) is 69.2 Å². The van der Waals surface area contributed by atoms with Gasteiger partial charge >= 0.3 is 0 Å². The zero-order valence-electron chi connectivity index (χ0n) is 23.8. The zero-order valence-corrected chi connectivity index (χ0v) is 26.9. The number of hydrogen-bond donors (Lipinski definition) is 3. The zero-order chi connectivity index (χ0) is 31.1. The first-order chi connectivity index (χ1) is 20.4. The minimum absolute atomic E-state index is 0.0206. The van der Waals surface area contributed by atoms with Gasteiger partial charge in [-0.3, -0.25) is 9.59 Å². The standard InChI is InChI=1S/C29H36BrClF2N4O5S/c1-43(40,41)36-26(7-3-18-8-10-34-11-9-18)29(39)37-16-22(42-17-20-4-5-21(30)13-25(20)33)14-27(37)28(38)35-15-19-2-6-24(32)23(31)12-19/h2,4-6,12-13,18,22,26-27,34,36H,3,7-11,14-17H2,1H3,(H,35,38)/t22-,26-,27-/m1/s1. The van der Waals surface area contributed by atoms with Gasteiger partial charge < -0.3 is 20.3 Å². The molecule has 43 heavy (non-hydrogen) atoms. The van der Waals surface area contributed by atoms with Crippen LogP contribution in [0.15, 0.2) is 40.9 Å². The summed E-state index contributed by atoms with van der Waals surface area (Å²) in [6.45, 7) is 1.72. The molecule has 0 radical (unpaired) electrons. The molecule has 2 aliphatic rings. The van der Waals surface area contributed by atoms with Crippen molar-refractivity contribution in [2.75, 3.05) is 25.9 Å². The third-order valence-electron chi connectivity index (χ3n) is 7.77. The van der Waals surface area contributed by atoms with Crippen LogP contribution in [0.1, 0.15) is 43.2 Å². The van der Waals surface area contributed by atoms with E-state index in [0.29, 0.717) is 27.9 Å². The monoisotopic (exact) mass is 704 g/mol. The van der Waals surface area contributed by atoms with Gasteiger partial charge in [0.2, 0.25) is 21.8 Å². The molecule has 0 saturated carbocycles. The number of nitrogens with zero attached hydrogens (tertiary/aromatic N) is 1. The SMILES string of the molecule is CS(=O)(=O)N[C@H](CCC1CCNCC1)C(=O)N1C[C@H](OCc2ccc(Br)cc2F)C[C@@H]1C(=O)NCc1ccc(F)c(Cl)c1. The maximum absolute atomic E-state index is 14.4. The highest BCUT2D eigenvalue weighted by atomic mass is 79.9. The average Bonchev–Trinajstić information content (AvgIpc) is 3.39. The van der Waals surface area contributed by atoms with Crippen molar-refractivity contribution in [3.8, 4) is 0 Å². The van der Waals surface area contributed by atoms with Gasteiger partial charge in [0.05, 0.1) is 24.0 Å². The molecule has 9 nitrogen and oxygen atoms in total.